The number of amides is 1. The van der Waals surface area contributed by atoms with Crippen LogP contribution in [0, 0.1) is 11.3 Å². The molecular weight excluding hydrogens is 328 g/mol. The fourth-order valence-electron chi connectivity index (χ4n) is 2.58. The van der Waals surface area contributed by atoms with Gasteiger partial charge in [0.1, 0.15) is 11.6 Å². The molecule has 0 bridgehead atoms. The number of aromatic nitrogens is 2. The molecule has 0 fully saturated rings. The number of benzene rings is 2. The first-order valence-corrected chi connectivity index (χ1v) is 8.13. The van der Waals surface area contributed by atoms with Crippen molar-refractivity contribution in [2.24, 2.45) is 0 Å². The van der Waals surface area contributed by atoms with Crippen molar-refractivity contribution >= 4 is 5.91 Å². The van der Waals surface area contributed by atoms with E-state index in [0.29, 0.717) is 23.5 Å². The number of hydrogen-bond acceptors (Lipinski definition) is 4. The van der Waals surface area contributed by atoms with E-state index in [1.165, 1.54) is 6.07 Å². The summed E-state index contributed by atoms with van der Waals surface area (Å²) in [6.07, 6.45) is 0. The molecule has 0 saturated heterocycles. The standard InChI is InChI=1S/C20H16N4O2/c1-2-22-19(25)16-12-17(14-8-4-3-5-9-14)23-24(20(16)26)18-11-7-6-10-15(18)13-21/h3-12H,2H2,1H3,(H,22,25). The van der Waals surface area contributed by atoms with Gasteiger partial charge < -0.3 is 5.32 Å². The normalized spacial score (nSPS) is 10.2. The third-order valence-electron chi connectivity index (χ3n) is 3.82. The van der Waals surface area contributed by atoms with E-state index in [2.05, 4.69) is 16.5 Å². The number of nitrogens with zero attached hydrogens (tertiary/aromatic N) is 3. The van der Waals surface area contributed by atoms with Crippen molar-refractivity contribution in [2.75, 3.05) is 6.54 Å². The minimum absolute atomic E-state index is 0.0200. The summed E-state index contributed by atoms with van der Waals surface area (Å²) in [5, 5.41) is 16.4. The van der Waals surface area contributed by atoms with Crippen LogP contribution in [-0.2, 0) is 0 Å². The lowest BCUT2D eigenvalue weighted by Crippen LogP contribution is -2.34. The Morgan fingerprint density at radius 1 is 1.15 bits per heavy atom. The molecule has 6 nitrogen and oxygen atoms in total. The highest BCUT2D eigenvalue weighted by Gasteiger charge is 2.18. The van der Waals surface area contributed by atoms with Gasteiger partial charge in [-0.2, -0.15) is 15.0 Å². The van der Waals surface area contributed by atoms with Crippen molar-refractivity contribution in [3.8, 4) is 23.0 Å². The van der Waals surface area contributed by atoms with E-state index in [1.54, 1.807) is 31.2 Å². The summed E-state index contributed by atoms with van der Waals surface area (Å²) in [4.78, 5) is 25.2. The molecule has 0 atom stereocenters. The van der Waals surface area contributed by atoms with E-state index in [1.807, 2.05) is 30.3 Å². The molecule has 3 rings (SSSR count). The van der Waals surface area contributed by atoms with Crippen LogP contribution in [0.15, 0.2) is 65.5 Å². The highest BCUT2D eigenvalue weighted by molar-refractivity contribution is 5.94. The molecule has 1 N–H and O–H groups in total. The first-order chi connectivity index (χ1) is 12.7. The summed E-state index contributed by atoms with van der Waals surface area (Å²) in [6, 6.07) is 19.4. The molecule has 2 aromatic carbocycles. The Morgan fingerprint density at radius 2 is 1.85 bits per heavy atom. The van der Waals surface area contributed by atoms with Crippen LogP contribution in [0.2, 0.25) is 0 Å². The lowest BCUT2D eigenvalue weighted by molar-refractivity contribution is 0.0953. The Bertz CT molecular complexity index is 1050. The second-order valence-corrected chi connectivity index (χ2v) is 5.51. The molecule has 6 heteroatoms. The van der Waals surface area contributed by atoms with Gasteiger partial charge in [0, 0.05) is 12.1 Å². The zero-order valence-electron chi connectivity index (χ0n) is 14.1. The maximum atomic E-state index is 12.9. The molecule has 0 aliphatic heterocycles. The van der Waals surface area contributed by atoms with Gasteiger partial charge in [0.05, 0.1) is 16.9 Å². The van der Waals surface area contributed by atoms with Gasteiger partial charge in [-0.3, -0.25) is 9.59 Å². The van der Waals surface area contributed by atoms with E-state index in [0.717, 1.165) is 10.2 Å². The zero-order valence-corrected chi connectivity index (χ0v) is 14.1. The molecule has 0 aliphatic carbocycles. The predicted molar refractivity (Wildman–Crippen MR) is 98.0 cm³/mol. The highest BCUT2D eigenvalue weighted by Crippen LogP contribution is 2.18. The summed E-state index contributed by atoms with van der Waals surface area (Å²) < 4.78 is 1.12. The molecule has 0 saturated carbocycles. The van der Waals surface area contributed by atoms with Crippen LogP contribution >= 0.6 is 0 Å². The molecule has 0 aliphatic rings. The number of hydrogen-bond donors (Lipinski definition) is 1. The molecule has 128 valence electrons. The number of carbonyl (C=O) groups excluding carboxylic acids is 1. The first kappa shape index (κ1) is 17.1. The molecule has 3 aromatic rings. The second-order valence-electron chi connectivity index (χ2n) is 5.51. The van der Waals surface area contributed by atoms with Gasteiger partial charge >= 0.3 is 0 Å². The van der Waals surface area contributed by atoms with Crippen LogP contribution in [0.5, 0.6) is 0 Å². The molecule has 1 aromatic heterocycles. The fraction of sp³-hybridized carbons (Fsp3) is 0.100. The second kappa shape index (κ2) is 7.45. The molecule has 1 heterocycles. The largest absolute Gasteiger partial charge is 0.352 e. The molecule has 0 spiro atoms. The molecule has 0 radical (unpaired) electrons. The number of rotatable bonds is 4. The summed E-state index contributed by atoms with van der Waals surface area (Å²) in [7, 11) is 0. The van der Waals surface area contributed by atoms with E-state index >= 15 is 0 Å². The predicted octanol–water partition coefficient (Wildman–Crippen LogP) is 2.52. The van der Waals surface area contributed by atoms with E-state index < -0.39 is 11.5 Å². The maximum Gasteiger partial charge on any atom is 0.284 e. The van der Waals surface area contributed by atoms with Crippen molar-refractivity contribution in [2.45, 2.75) is 6.92 Å². The van der Waals surface area contributed by atoms with Gasteiger partial charge in [0.2, 0.25) is 0 Å². The summed E-state index contributed by atoms with van der Waals surface area (Å²) in [5.41, 5.74) is 1.28. The number of para-hydroxylation sites is 1. The highest BCUT2D eigenvalue weighted by atomic mass is 16.2. The molecule has 0 unspecified atom stereocenters. The van der Waals surface area contributed by atoms with Crippen LogP contribution in [-0.4, -0.2) is 22.2 Å². The minimum Gasteiger partial charge on any atom is -0.352 e. The summed E-state index contributed by atoms with van der Waals surface area (Å²) >= 11 is 0. The quantitative estimate of drug-likeness (QED) is 0.788. The van der Waals surface area contributed by atoms with Crippen LogP contribution in [0.3, 0.4) is 0 Å². The Hall–Kier alpha value is -3.72. The van der Waals surface area contributed by atoms with Gasteiger partial charge in [-0.15, -0.1) is 0 Å². The monoisotopic (exact) mass is 344 g/mol. The van der Waals surface area contributed by atoms with E-state index in [4.69, 9.17) is 0 Å². The van der Waals surface area contributed by atoms with Gasteiger partial charge in [-0.05, 0) is 25.1 Å². The molecule has 26 heavy (non-hydrogen) atoms. The topological polar surface area (TPSA) is 87.8 Å². The number of nitrogens with one attached hydrogen (secondary N) is 1. The minimum atomic E-state index is -0.571. The van der Waals surface area contributed by atoms with Crippen molar-refractivity contribution in [3.63, 3.8) is 0 Å². The van der Waals surface area contributed by atoms with Crippen molar-refractivity contribution in [1.82, 2.24) is 15.1 Å². The van der Waals surface area contributed by atoms with Gasteiger partial charge in [-0.25, -0.2) is 0 Å². The lowest BCUT2D eigenvalue weighted by atomic mass is 10.1. The van der Waals surface area contributed by atoms with E-state index in [9.17, 15) is 14.9 Å². The van der Waals surface area contributed by atoms with Crippen molar-refractivity contribution < 1.29 is 4.79 Å². The molecule has 1 amide bonds. The smallest absolute Gasteiger partial charge is 0.284 e. The SMILES string of the molecule is CCNC(=O)c1cc(-c2ccccc2)nn(-c2ccccc2C#N)c1=O. The van der Waals surface area contributed by atoms with E-state index in [-0.39, 0.29) is 5.56 Å². The Balaban J connectivity index is 2.30. The third kappa shape index (κ3) is 3.23. The maximum absolute atomic E-state index is 12.9. The number of carbonyl (C=O) groups is 1. The van der Waals surface area contributed by atoms with Crippen LogP contribution in [0.1, 0.15) is 22.8 Å². The zero-order chi connectivity index (χ0) is 18.5. The average molecular weight is 344 g/mol. The summed E-state index contributed by atoms with van der Waals surface area (Å²) in [6.45, 7) is 2.18. The molecular formula is C20H16N4O2. The summed E-state index contributed by atoms with van der Waals surface area (Å²) in [5.74, 6) is -0.472. The first-order valence-electron chi connectivity index (χ1n) is 8.13. The third-order valence-corrected chi connectivity index (χ3v) is 3.82. The average Bonchev–Trinajstić information content (AvgIpc) is 2.69. The Kier molecular flexibility index (Phi) is 4.90. The van der Waals surface area contributed by atoms with Gasteiger partial charge in [-0.1, -0.05) is 42.5 Å². The lowest BCUT2D eigenvalue weighted by Gasteiger charge is -2.11. The van der Waals surface area contributed by atoms with Crippen LogP contribution < -0.4 is 10.9 Å². The fourth-order valence-corrected chi connectivity index (χ4v) is 2.58. The Labute approximate surface area is 150 Å². The Morgan fingerprint density at radius 3 is 2.54 bits per heavy atom. The van der Waals surface area contributed by atoms with Crippen molar-refractivity contribution in [1.29, 1.82) is 5.26 Å². The van der Waals surface area contributed by atoms with Crippen molar-refractivity contribution in [3.05, 3.63) is 82.1 Å². The number of nitriles is 1. The van der Waals surface area contributed by atoms with Crippen LogP contribution in [0.4, 0.5) is 0 Å². The van der Waals surface area contributed by atoms with Crippen LogP contribution in [0.25, 0.3) is 16.9 Å². The van der Waals surface area contributed by atoms with Gasteiger partial charge in [0.25, 0.3) is 11.5 Å². The van der Waals surface area contributed by atoms with Gasteiger partial charge in [0.15, 0.2) is 0 Å².